The molecule has 7 heterocycles. The SMILES string of the molecule is COc1cc2c(cc1OC(=O)/C=C/c1ccccc1)CCN[C@]21CS[C@@H]2c3c(OC(C)=O)c(C)c4c(c3[C@@H](COC1=O)N1C2[C@H]2c3c(cc(C)c(OC)c3O)C[C@@H]([C@@H]1C#N)N2C)OCO4. The Hall–Kier alpha value is -6.25. The molecule has 0 saturated carbocycles. The lowest BCUT2D eigenvalue weighted by Crippen LogP contribution is -2.69. The van der Waals surface area contributed by atoms with Crippen LogP contribution in [0, 0.1) is 25.2 Å². The van der Waals surface area contributed by atoms with Gasteiger partial charge in [-0.3, -0.25) is 19.9 Å². The highest BCUT2D eigenvalue weighted by molar-refractivity contribution is 7.99. The van der Waals surface area contributed by atoms with Crippen LogP contribution < -0.4 is 33.7 Å². The summed E-state index contributed by atoms with van der Waals surface area (Å²) in [5.74, 6) is 0.443. The molecule has 4 aromatic rings. The van der Waals surface area contributed by atoms with Gasteiger partial charge in [0.25, 0.3) is 0 Å². The number of likely N-dealkylation sites (N-methyl/N-ethyl adjacent to an activating group) is 1. The van der Waals surface area contributed by atoms with Gasteiger partial charge in [-0.05, 0) is 79.8 Å². The summed E-state index contributed by atoms with van der Waals surface area (Å²) in [6.45, 7) is 5.16. The molecule has 2 N–H and O–H groups in total. The first kappa shape index (κ1) is 42.7. The van der Waals surface area contributed by atoms with E-state index < -0.39 is 52.9 Å². The fraction of sp³-hybridized carbons (Fsp3) is 0.388. The zero-order valence-electron chi connectivity index (χ0n) is 36.8. The maximum atomic E-state index is 15.1. The van der Waals surface area contributed by atoms with Crippen molar-refractivity contribution < 1.29 is 52.6 Å². The predicted molar refractivity (Wildman–Crippen MR) is 237 cm³/mol. The first-order valence-corrected chi connectivity index (χ1v) is 22.6. The van der Waals surface area contributed by atoms with Gasteiger partial charge in [-0.15, -0.1) is 11.8 Å². The Morgan fingerprint density at radius 2 is 1.77 bits per heavy atom. The predicted octanol–water partition coefficient (Wildman–Crippen LogP) is 5.90. The zero-order valence-corrected chi connectivity index (χ0v) is 37.6. The van der Waals surface area contributed by atoms with Crippen LogP contribution in [0.25, 0.3) is 6.08 Å². The Kier molecular flexibility index (Phi) is 10.7. The minimum Gasteiger partial charge on any atom is -0.504 e. The third-order valence-corrected chi connectivity index (χ3v) is 15.3. The van der Waals surface area contributed by atoms with E-state index in [-0.39, 0.29) is 42.4 Å². The van der Waals surface area contributed by atoms with Crippen molar-refractivity contribution in [2.75, 3.05) is 47.0 Å². The molecule has 11 rings (SSSR count). The van der Waals surface area contributed by atoms with Crippen molar-refractivity contribution in [1.29, 1.82) is 5.26 Å². The Labute approximate surface area is 380 Å². The standard InChI is InChI=1S/C49H48N4O11S/c1-24-16-29-17-31-32(20-50)53-33-21-60-48(57)49(30-19-34(58-5)35(18-28(30)14-15-51-49)64-36(55)13-12-27-10-8-7-9-11-27)22-65-47(41(53)40(52(31)4)37(29)42(56)43(24)59-6)39-38(33)46-45(61-23-62-46)25(2)44(39)63-26(3)54/h7-13,16,18-19,31-33,40-41,47,51,56H,14-15,17,21-23H2,1-6H3/b13-12+/t31-,32-,33+,40+,41?,47+,49+/m0/s1. The number of phenols is 1. The molecule has 7 aliphatic rings. The summed E-state index contributed by atoms with van der Waals surface area (Å²) in [5.41, 5.74) is 5.00. The van der Waals surface area contributed by atoms with Crippen LogP contribution >= 0.6 is 11.8 Å². The number of hydrogen-bond donors (Lipinski definition) is 2. The minimum atomic E-state index is -1.44. The van der Waals surface area contributed by atoms with Crippen LogP contribution in [0.3, 0.4) is 0 Å². The normalized spacial score (nSPS) is 26.3. The molecule has 7 atom stereocenters. The molecule has 4 aromatic carbocycles. The van der Waals surface area contributed by atoms with Gasteiger partial charge in [-0.2, -0.15) is 5.26 Å². The number of ether oxygens (including phenoxy) is 7. The van der Waals surface area contributed by atoms with Gasteiger partial charge >= 0.3 is 17.9 Å². The highest BCUT2D eigenvalue weighted by atomic mass is 32.2. The molecule has 65 heavy (non-hydrogen) atoms. The summed E-state index contributed by atoms with van der Waals surface area (Å²) in [5, 5.41) is 26.4. The van der Waals surface area contributed by atoms with Crippen LogP contribution in [-0.4, -0.2) is 97.9 Å². The van der Waals surface area contributed by atoms with E-state index in [2.05, 4.69) is 21.2 Å². The first-order valence-electron chi connectivity index (χ1n) is 21.5. The fourth-order valence-electron chi connectivity index (χ4n) is 11.1. The van der Waals surface area contributed by atoms with Gasteiger partial charge in [0.15, 0.2) is 40.0 Å². The molecule has 0 aliphatic carbocycles. The summed E-state index contributed by atoms with van der Waals surface area (Å²) < 4.78 is 42.5. The number of hydrogen-bond acceptors (Lipinski definition) is 16. The molecule has 1 unspecified atom stereocenters. The Balaban J connectivity index is 1.15. The summed E-state index contributed by atoms with van der Waals surface area (Å²) in [6, 6.07) is 14.7. The molecular weight excluding hydrogens is 853 g/mol. The number of phenolic OH excluding ortho intramolecular Hbond substituents is 1. The third-order valence-electron chi connectivity index (χ3n) is 13.8. The topological polar surface area (TPSA) is 178 Å². The smallest absolute Gasteiger partial charge is 0.336 e. The summed E-state index contributed by atoms with van der Waals surface area (Å²) in [4.78, 5) is 45.7. The van der Waals surface area contributed by atoms with Crippen LogP contribution in [0.15, 0.2) is 54.6 Å². The first-order chi connectivity index (χ1) is 31.4. The second-order valence-electron chi connectivity index (χ2n) is 17.2. The van der Waals surface area contributed by atoms with Crippen molar-refractivity contribution in [2.45, 2.75) is 74.6 Å². The Bertz CT molecular complexity index is 2740. The lowest BCUT2D eigenvalue weighted by molar-refractivity contribution is -0.157. The number of piperazine rings is 1. The fourth-order valence-corrected chi connectivity index (χ4v) is 12.8. The van der Waals surface area contributed by atoms with Gasteiger partial charge < -0.3 is 38.3 Å². The van der Waals surface area contributed by atoms with Crippen molar-refractivity contribution in [3.8, 4) is 46.3 Å². The highest BCUT2D eigenvalue weighted by Gasteiger charge is 2.62. The number of methoxy groups -OCH3 is 2. The van der Waals surface area contributed by atoms with Gasteiger partial charge in [0.2, 0.25) is 6.79 Å². The van der Waals surface area contributed by atoms with Gasteiger partial charge in [0.1, 0.15) is 18.4 Å². The largest absolute Gasteiger partial charge is 0.504 e. The molecule has 16 heteroatoms. The number of thioether (sulfide) groups is 1. The van der Waals surface area contributed by atoms with Crippen LogP contribution in [-0.2, 0) is 37.5 Å². The lowest BCUT2D eigenvalue weighted by atomic mass is 9.71. The van der Waals surface area contributed by atoms with E-state index in [1.165, 1.54) is 39.0 Å². The second kappa shape index (κ2) is 16.3. The van der Waals surface area contributed by atoms with Gasteiger partial charge in [0.05, 0.1) is 37.6 Å². The molecular formula is C49H48N4O11S. The number of nitrogens with zero attached hydrogens (tertiary/aromatic N) is 3. The molecule has 7 aliphatic heterocycles. The van der Waals surface area contributed by atoms with E-state index in [4.69, 9.17) is 33.2 Å². The molecule has 4 bridgehead atoms. The molecule has 2 saturated heterocycles. The molecule has 336 valence electrons. The van der Waals surface area contributed by atoms with Crippen LogP contribution in [0.5, 0.6) is 40.2 Å². The second-order valence-corrected chi connectivity index (χ2v) is 18.4. The van der Waals surface area contributed by atoms with Gasteiger partial charge in [-0.25, -0.2) is 9.59 Å². The van der Waals surface area contributed by atoms with E-state index in [0.29, 0.717) is 70.2 Å². The highest BCUT2D eigenvalue weighted by Crippen LogP contribution is 2.64. The van der Waals surface area contributed by atoms with Crippen molar-refractivity contribution >= 4 is 35.7 Å². The number of carbonyl (C=O) groups is 3. The number of aryl methyl sites for hydroxylation is 1. The van der Waals surface area contributed by atoms with Crippen LogP contribution in [0.4, 0.5) is 0 Å². The Morgan fingerprint density at radius 3 is 2.51 bits per heavy atom. The molecule has 15 nitrogen and oxygen atoms in total. The number of benzene rings is 4. The maximum Gasteiger partial charge on any atom is 0.336 e. The average Bonchev–Trinajstić information content (AvgIpc) is 3.79. The lowest BCUT2D eigenvalue weighted by Gasteiger charge is -2.62. The number of rotatable bonds is 6. The quantitative estimate of drug-likeness (QED) is 0.133. The minimum absolute atomic E-state index is 0.0263. The number of nitriles is 1. The average molecular weight is 901 g/mol. The number of fused-ring (bicyclic) bond motifs is 9. The van der Waals surface area contributed by atoms with E-state index in [9.17, 15) is 20.0 Å². The van der Waals surface area contributed by atoms with E-state index in [0.717, 1.165) is 22.3 Å². The van der Waals surface area contributed by atoms with Crippen molar-refractivity contribution in [2.24, 2.45) is 0 Å². The zero-order chi connectivity index (χ0) is 45.5. The van der Waals surface area contributed by atoms with Crippen LogP contribution in [0.1, 0.15) is 74.3 Å². The third kappa shape index (κ3) is 6.61. The summed E-state index contributed by atoms with van der Waals surface area (Å²) in [7, 11) is 4.99. The van der Waals surface area contributed by atoms with Gasteiger partial charge in [0, 0.05) is 59.6 Å². The molecule has 2 fully saturated rings. The molecule has 0 amide bonds. The maximum absolute atomic E-state index is 15.1. The summed E-state index contributed by atoms with van der Waals surface area (Å²) >= 11 is 1.46. The van der Waals surface area contributed by atoms with E-state index in [1.54, 1.807) is 18.2 Å². The molecule has 0 aromatic heterocycles. The Morgan fingerprint density at radius 1 is 0.985 bits per heavy atom. The van der Waals surface area contributed by atoms with Gasteiger partial charge in [-0.1, -0.05) is 36.4 Å². The monoisotopic (exact) mass is 900 g/mol. The molecule has 0 radical (unpaired) electrons. The number of esters is 3. The molecule has 1 spiro atoms. The van der Waals surface area contributed by atoms with Crippen molar-refractivity contribution in [3.05, 3.63) is 105 Å². The van der Waals surface area contributed by atoms with E-state index >= 15 is 4.79 Å². The van der Waals surface area contributed by atoms with Crippen molar-refractivity contribution in [3.63, 3.8) is 0 Å². The number of nitrogens with one attached hydrogen (secondary N) is 1. The van der Waals surface area contributed by atoms with Crippen molar-refractivity contribution in [1.82, 2.24) is 15.1 Å². The van der Waals surface area contributed by atoms with Crippen LogP contribution in [0.2, 0.25) is 0 Å². The summed E-state index contributed by atoms with van der Waals surface area (Å²) in [6.07, 6.45) is 3.99. The van der Waals surface area contributed by atoms with E-state index in [1.807, 2.05) is 57.3 Å². The number of aromatic hydroxyl groups is 1. The number of carbonyl (C=O) groups excluding carboxylic acids is 3.